The lowest BCUT2D eigenvalue weighted by Crippen LogP contribution is -2.05. The molecule has 4 nitrogen and oxygen atoms in total. The van der Waals surface area contributed by atoms with Gasteiger partial charge < -0.3 is 4.74 Å². The summed E-state index contributed by atoms with van der Waals surface area (Å²) in [6.45, 7) is 3.84. The van der Waals surface area contributed by atoms with Crippen LogP contribution in [0.1, 0.15) is 13.8 Å². The minimum atomic E-state index is -0.374. The van der Waals surface area contributed by atoms with E-state index in [1.807, 2.05) is 44.2 Å². The Labute approximate surface area is 111 Å². The fraction of sp³-hybridized carbons (Fsp3) is 0.200. The van der Waals surface area contributed by atoms with E-state index in [9.17, 15) is 10.1 Å². The minimum absolute atomic E-state index is 0.0325. The van der Waals surface area contributed by atoms with Gasteiger partial charge in [-0.25, -0.2) is 0 Å². The zero-order chi connectivity index (χ0) is 13.8. The molecule has 2 rings (SSSR count). The van der Waals surface area contributed by atoms with Gasteiger partial charge in [0.2, 0.25) is 0 Å². The molecule has 0 unspecified atom stereocenters. The maximum absolute atomic E-state index is 11.1. The molecule has 19 heavy (non-hydrogen) atoms. The van der Waals surface area contributed by atoms with Crippen LogP contribution in [0.3, 0.4) is 0 Å². The molecule has 4 heteroatoms. The molecular weight excluding hydrogens is 242 g/mol. The van der Waals surface area contributed by atoms with Crippen LogP contribution < -0.4 is 4.74 Å². The van der Waals surface area contributed by atoms with Gasteiger partial charge in [0.15, 0.2) is 0 Å². The second-order valence-electron chi connectivity index (χ2n) is 4.47. The Balaban J connectivity index is 2.51. The van der Waals surface area contributed by atoms with Crippen molar-refractivity contribution in [1.82, 2.24) is 0 Å². The molecular formula is C15H15NO3. The van der Waals surface area contributed by atoms with Gasteiger partial charge in [-0.3, -0.25) is 10.1 Å². The van der Waals surface area contributed by atoms with Gasteiger partial charge in [-0.15, -0.1) is 0 Å². The molecule has 2 aromatic rings. The molecule has 0 aliphatic carbocycles. The Morgan fingerprint density at radius 2 is 1.79 bits per heavy atom. The van der Waals surface area contributed by atoms with Gasteiger partial charge >= 0.3 is 0 Å². The number of nitrogens with zero attached hydrogens (tertiary/aromatic N) is 1. The summed E-state index contributed by atoms with van der Waals surface area (Å²) in [5.41, 5.74) is 1.47. The fourth-order valence-corrected chi connectivity index (χ4v) is 1.87. The Kier molecular flexibility index (Phi) is 3.80. The van der Waals surface area contributed by atoms with Gasteiger partial charge in [0.25, 0.3) is 5.69 Å². The van der Waals surface area contributed by atoms with Crippen LogP contribution >= 0.6 is 0 Å². The molecule has 0 saturated heterocycles. The van der Waals surface area contributed by atoms with Crippen molar-refractivity contribution in [2.45, 2.75) is 20.0 Å². The molecule has 0 spiro atoms. The van der Waals surface area contributed by atoms with Gasteiger partial charge in [0.1, 0.15) is 5.75 Å². The number of rotatable bonds is 4. The minimum Gasteiger partial charge on any atom is -0.491 e. The summed E-state index contributed by atoms with van der Waals surface area (Å²) in [5, 5.41) is 11.1. The molecule has 0 bridgehead atoms. The van der Waals surface area contributed by atoms with E-state index in [2.05, 4.69) is 0 Å². The summed E-state index contributed by atoms with van der Waals surface area (Å²) in [6.07, 6.45) is 0.0325. The van der Waals surface area contributed by atoms with E-state index in [4.69, 9.17) is 4.74 Å². The summed E-state index contributed by atoms with van der Waals surface area (Å²) in [4.78, 5) is 10.7. The lowest BCUT2D eigenvalue weighted by molar-refractivity contribution is -0.384. The second kappa shape index (κ2) is 5.52. The molecule has 0 aliphatic heterocycles. The molecule has 0 aliphatic rings. The normalized spacial score (nSPS) is 10.5. The summed E-state index contributed by atoms with van der Waals surface area (Å²) >= 11 is 0. The third-order valence-corrected chi connectivity index (χ3v) is 2.62. The molecule has 0 N–H and O–H groups in total. The van der Waals surface area contributed by atoms with Crippen LogP contribution in [-0.2, 0) is 0 Å². The van der Waals surface area contributed by atoms with Crippen molar-refractivity contribution < 1.29 is 9.66 Å². The number of hydrogen-bond acceptors (Lipinski definition) is 3. The Morgan fingerprint density at radius 1 is 1.11 bits per heavy atom. The van der Waals surface area contributed by atoms with Crippen molar-refractivity contribution in [3.05, 3.63) is 58.6 Å². The van der Waals surface area contributed by atoms with Crippen LogP contribution in [0.5, 0.6) is 5.75 Å². The van der Waals surface area contributed by atoms with Crippen molar-refractivity contribution >= 4 is 5.69 Å². The Bertz CT molecular complexity index is 579. The van der Waals surface area contributed by atoms with Crippen LogP contribution in [0.25, 0.3) is 11.1 Å². The predicted octanol–water partition coefficient (Wildman–Crippen LogP) is 4.05. The highest BCUT2D eigenvalue weighted by molar-refractivity contribution is 5.74. The molecule has 0 fully saturated rings. The van der Waals surface area contributed by atoms with Crippen molar-refractivity contribution in [2.75, 3.05) is 0 Å². The Morgan fingerprint density at radius 3 is 2.37 bits per heavy atom. The topological polar surface area (TPSA) is 52.4 Å². The monoisotopic (exact) mass is 257 g/mol. The number of nitro benzene ring substituents is 1. The van der Waals surface area contributed by atoms with Gasteiger partial charge in [-0.2, -0.15) is 0 Å². The molecule has 0 saturated carbocycles. The number of nitro groups is 1. The Hall–Kier alpha value is -2.36. The summed E-state index contributed by atoms with van der Waals surface area (Å²) in [7, 11) is 0. The molecule has 0 atom stereocenters. The van der Waals surface area contributed by atoms with Gasteiger partial charge in [0, 0.05) is 6.07 Å². The molecule has 98 valence electrons. The average molecular weight is 257 g/mol. The lowest BCUT2D eigenvalue weighted by Gasteiger charge is -2.11. The zero-order valence-electron chi connectivity index (χ0n) is 10.9. The number of hydrogen-bond donors (Lipinski definition) is 0. The summed E-state index contributed by atoms with van der Waals surface area (Å²) in [6, 6.07) is 14.1. The zero-order valence-corrected chi connectivity index (χ0v) is 10.9. The first-order valence-corrected chi connectivity index (χ1v) is 6.08. The first kappa shape index (κ1) is 13.1. The van der Waals surface area contributed by atoms with E-state index >= 15 is 0 Å². The van der Waals surface area contributed by atoms with E-state index in [0.717, 1.165) is 5.56 Å². The summed E-state index contributed by atoms with van der Waals surface area (Å²) < 4.78 is 5.59. The van der Waals surface area contributed by atoms with Gasteiger partial charge in [-0.05, 0) is 31.5 Å². The van der Waals surface area contributed by atoms with E-state index in [-0.39, 0.29) is 16.7 Å². The van der Waals surface area contributed by atoms with Crippen LogP contribution in [-0.4, -0.2) is 11.0 Å². The van der Waals surface area contributed by atoms with Crippen LogP contribution in [0.2, 0.25) is 0 Å². The first-order valence-electron chi connectivity index (χ1n) is 6.08. The highest BCUT2D eigenvalue weighted by Crippen LogP contribution is 2.33. The molecule has 0 heterocycles. The highest BCUT2D eigenvalue weighted by atomic mass is 16.6. The maximum Gasteiger partial charge on any atom is 0.277 e. The third-order valence-electron chi connectivity index (χ3n) is 2.62. The van der Waals surface area contributed by atoms with E-state index in [0.29, 0.717) is 11.3 Å². The molecule has 0 radical (unpaired) electrons. The van der Waals surface area contributed by atoms with E-state index in [1.165, 1.54) is 6.07 Å². The SMILES string of the molecule is CC(C)Oc1ccc([N+](=O)[O-])c(-c2ccccc2)c1. The lowest BCUT2D eigenvalue weighted by atomic mass is 10.0. The average Bonchev–Trinajstić information content (AvgIpc) is 2.38. The van der Waals surface area contributed by atoms with Crippen LogP contribution in [0.4, 0.5) is 5.69 Å². The highest BCUT2D eigenvalue weighted by Gasteiger charge is 2.16. The van der Waals surface area contributed by atoms with E-state index < -0.39 is 0 Å². The first-order chi connectivity index (χ1) is 9.08. The van der Waals surface area contributed by atoms with Crippen LogP contribution in [0, 0.1) is 10.1 Å². The van der Waals surface area contributed by atoms with Gasteiger partial charge in [0.05, 0.1) is 16.6 Å². The smallest absolute Gasteiger partial charge is 0.277 e. The van der Waals surface area contributed by atoms with Crippen molar-refractivity contribution in [1.29, 1.82) is 0 Å². The third kappa shape index (κ3) is 3.10. The number of ether oxygens (including phenoxy) is 1. The van der Waals surface area contributed by atoms with Crippen molar-refractivity contribution in [2.24, 2.45) is 0 Å². The van der Waals surface area contributed by atoms with Crippen molar-refractivity contribution in [3.63, 3.8) is 0 Å². The number of benzene rings is 2. The molecule has 0 aromatic heterocycles. The quantitative estimate of drug-likeness (QED) is 0.613. The standard InChI is InChI=1S/C15H15NO3/c1-11(2)19-13-8-9-15(16(17)18)14(10-13)12-6-4-3-5-7-12/h3-11H,1-2H3. The fourth-order valence-electron chi connectivity index (χ4n) is 1.87. The van der Waals surface area contributed by atoms with Crippen molar-refractivity contribution in [3.8, 4) is 16.9 Å². The maximum atomic E-state index is 11.1. The summed E-state index contributed by atoms with van der Waals surface area (Å²) in [5.74, 6) is 0.638. The van der Waals surface area contributed by atoms with Gasteiger partial charge in [-0.1, -0.05) is 30.3 Å². The molecule has 0 amide bonds. The molecule has 2 aromatic carbocycles. The van der Waals surface area contributed by atoms with E-state index in [1.54, 1.807) is 12.1 Å². The van der Waals surface area contributed by atoms with Crippen LogP contribution in [0.15, 0.2) is 48.5 Å². The second-order valence-corrected chi connectivity index (χ2v) is 4.47. The predicted molar refractivity (Wildman–Crippen MR) is 74.3 cm³/mol. The largest absolute Gasteiger partial charge is 0.491 e.